The van der Waals surface area contributed by atoms with E-state index in [1.807, 2.05) is 0 Å². The van der Waals surface area contributed by atoms with Gasteiger partial charge in [-0.05, 0) is 26.3 Å². The molecule has 1 atom stereocenters. The van der Waals surface area contributed by atoms with Crippen molar-refractivity contribution in [3.05, 3.63) is 12.2 Å². The quantitative estimate of drug-likeness (QED) is 0.579. The van der Waals surface area contributed by atoms with Gasteiger partial charge in [-0.1, -0.05) is 26.0 Å². The van der Waals surface area contributed by atoms with Gasteiger partial charge in [0, 0.05) is 6.04 Å². The first-order valence-corrected chi connectivity index (χ1v) is 4.21. The van der Waals surface area contributed by atoms with Crippen molar-refractivity contribution in [2.45, 2.75) is 39.7 Å². The molecule has 0 aliphatic carbocycles. The minimum Gasteiger partial charge on any atom is -0.311 e. The van der Waals surface area contributed by atoms with Crippen molar-refractivity contribution in [3.63, 3.8) is 0 Å². The van der Waals surface area contributed by atoms with Crippen molar-refractivity contribution in [1.82, 2.24) is 5.32 Å². The fourth-order valence-corrected chi connectivity index (χ4v) is 0.911. The molecule has 0 aromatic heterocycles. The molecule has 0 spiro atoms. The van der Waals surface area contributed by atoms with Crippen LogP contribution in [-0.4, -0.2) is 12.6 Å². The lowest BCUT2D eigenvalue weighted by molar-refractivity contribution is 0.573. The fourth-order valence-electron chi connectivity index (χ4n) is 0.911. The Bertz CT molecular complexity index is 86.7. The summed E-state index contributed by atoms with van der Waals surface area (Å²) >= 11 is 0. The maximum Gasteiger partial charge on any atom is 0.0247 e. The van der Waals surface area contributed by atoms with Crippen LogP contribution in [0.1, 0.15) is 33.6 Å². The predicted molar refractivity (Wildman–Crippen MR) is 47.2 cm³/mol. The smallest absolute Gasteiger partial charge is 0.0247 e. The molecule has 0 aliphatic heterocycles. The Hall–Kier alpha value is -0.300. The first-order valence-electron chi connectivity index (χ1n) is 4.21. The van der Waals surface area contributed by atoms with Gasteiger partial charge in [0.15, 0.2) is 0 Å². The van der Waals surface area contributed by atoms with Crippen LogP contribution < -0.4 is 5.32 Å². The van der Waals surface area contributed by atoms with Crippen LogP contribution in [0.2, 0.25) is 0 Å². The van der Waals surface area contributed by atoms with E-state index in [1.165, 1.54) is 12.8 Å². The lowest BCUT2D eigenvalue weighted by Crippen LogP contribution is -2.26. The third-order valence-electron chi connectivity index (χ3n) is 1.52. The zero-order valence-electron chi connectivity index (χ0n) is 7.35. The lowest BCUT2D eigenvalue weighted by atomic mass is 10.2. The monoisotopic (exact) mass is 141 g/mol. The highest BCUT2D eigenvalue weighted by Crippen LogP contribution is 1.92. The van der Waals surface area contributed by atoms with E-state index in [0.29, 0.717) is 6.04 Å². The van der Waals surface area contributed by atoms with Crippen molar-refractivity contribution in [2.24, 2.45) is 0 Å². The Balaban J connectivity index is 3.39. The molecule has 10 heavy (non-hydrogen) atoms. The van der Waals surface area contributed by atoms with Crippen molar-refractivity contribution in [3.8, 4) is 0 Å². The van der Waals surface area contributed by atoms with Crippen LogP contribution in [0, 0.1) is 0 Å². The zero-order chi connectivity index (χ0) is 7.82. The highest BCUT2D eigenvalue weighted by atomic mass is 14.9. The van der Waals surface area contributed by atoms with Gasteiger partial charge in [0.25, 0.3) is 0 Å². The Morgan fingerprint density at radius 3 is 2.50 bits per heavy atom. The summed E-state index contributed by atoms with van der Waals surface area (Å²) in [5.74, 6) is 0. The second-order valence-corrected chi connectivity index (χ2v) is 2.49. The van der Waals surface area contributed by atoms with Gasteiger partial charge in [-0.15, -0.1) is 0 Å². The Morgan fingerprint density at radius 2 is 2.10 bits per heavy atom. The molecule has 0 heterocycles. The van der Waals surface area contributed by atoms with Crippen LogP contribution in [0.15, 0.2) is 12.2 Å². The van der Waals surface area contributed by atoms with Crippen molar-refractivity contribution in [1.29, 1.82) is 0 Å². The van der Waals surface area contributed by atoms with Crippen molar-refractivity contribution < 1.29 is 0 Å². The molecule has 0 radical (unpaired) electrons. The van der Waals surface area contributed by atoms with Gasteiger partial charge in [-0.25, -0.2) is 0 Å². The van der Waals surface area contributed by atoms with Crippen LogP contribution in [-0.2, 0) is 0 Å². The van der Waals surface area contributed by atoms with Gasteiger partial charge >= 0.3 is 0 Å². The summed E-state index contributed by atoms with van der Waals surface area (Å²) in [6.45, 7) is 7.59. The molecular weight excluding hydrogens is 122 g/mol. The molecule has 0 aromatic rings. The zero-order valence-corrected chi connectivity index (χ0v) is 7.35. The molecule has 0 saturated heterocycles. The lowest BCUT2D eigenvalue weighted by Gasteiger charge is -2.10. The van der Waals surface area contributed by atoms with Gasteiger partial charge < -0.3 is 5.32 Å². The van der Waals surface area contributed by atoms with E-state index in [2.05, 4.69) is 38.2 Å². The van der Waals surface area contributed by atoms with E-state index in [9.17, 15) is 0 Å². The van der Waals surface area contributed by atoms with E-state index in [0.717, 1.165) is 6.54 Å². The largest absolute Gasteiger partial charge is 0.311 e. The highest BCUT2D eigenvalue weighted by Gasteiger charge is 1.96. The van der Waals surface area contributed by atoms with E-state index in [-0.39, 0.29) is 0 Å². The van der Waals surface area contributed by atoms with E-state index in [4.69, 9.17) is 0 Å². The summed E-state index contributed by atoms with van der Waals surface area (Å²) in [7, 11) is 0. The summed E-state index contributed by atoms with van der Waals surface area (Å²) < 4.78 is 0. The molecule has 0 fully saturated rings. The molecular formula is C9H19N. The minimum absolute atomic E-state index is 0.588. The number of hydrogen-bond donors (Lipinski definition) is 1. The molecule has 1 heteroatoms. The predicted octanol–water partition coefficient (Wildman–Crippen LogP) is 2.34. The molecule has 60 valence electrons. The molecule has 0 amide bonds. The molecule has 1 nitrogen and oxygen atoms in total. The third-order valence-corrected chi connectivity index (χ3v) is 1.52. The van der Waals surface area contributed by atoms with Gasteiger partial charge in [0.05, 0.1) is 0 Å². The minimum atomic E-state index is 0.588. The third kappa shape index (κ3) is 4.57. The Labute approximate surface area is 64.5 Å². The molecule has 1 N–H and O–H groups in total. The number of allylic oxidation sites excluding steroid dienone is 1. The summed E-state index contributed by atoms with van der Waals surface area (Å²) in [5.41, 5.74) is 0. The molecule has 0 bridgehead atoms. The first kappa shape index (κ1) is 9.70. The molecule has 0 rings (SSSR count). The number of nitrogens with one attached hydrogen (secondary N) is 1. The maximum atomic E-state index is 3.43. The maximum absolute atomic E-state index is 3.43. The average molecular weight is 141 g/mol. The van der Waals surface area contributed by atoms with Crippen LogP contribution in [0.3, 0.4) is 0 Å². The van der Waals surface area contributed by atoms with Crippen LogP contribution in [0.5, 0.6) is 0 Å². The summed E-state index contributed by atoms with van der Waals surface area (Å²) in [4.78, 5) is 0. The van der Waals surface area contributed by atoms with Gasteiger partial charge in [0.2, 0.25) is 0 Å². The van der Waals surface area contributed by atoms with E-state index in [1.54, 1.807) is 0 Å². The normalized spacial score (nSPS) is 14.3. The second kappa shape index (κ2) is 6.81. The second-order valence-electron chi connectivity index (χ2n) is 2.49. The number of hydrogen-bond acceptors (Lipinski definition) is 1. The van der Waals surface area contributed by atoms with Gasteiger partial charge in [0.1, 0.15) is 0 Å². The van der Waals surface area contributed by atoms with Crippen molar-refractivity contribution >= 4 is 0 Å². The fraction of sp³-hybridized carbons (Fsp3) is 0.778. The Morgan fingerprint density at radius 1 is 1.40 bits per heavy atom. The average Bonchev–Trinajstić information content (AvgIpc) is 1.98. The van der Waals surface area contributed by atoms with Crippen LogP contribution in [0.4, 0.5) is 0 Å². The Kier molecular flexibility index (Phi) is 6.61. The van der Waals surface area contributed by atoms with E-state index >= 15 is 0 Å². The SMILES string of the molecule is CC=CC(CC)NCCC. The summed E-state index contributed by atoms with van der Waals surface area (Å²) in [5, 5.41) is 3.43. The number of rotatable bonds is 5. The van der Waals surface area contributed by atoms with Gasteiger partial charge in [-0.3, -0.25) is 0 Å². The molecule has 0 aromatic carbocycles. The standard InChI is InChI=1S/C9H19N/c1-4-7-9(6-3)10-8-5-2/h4,7,9-10H,5-6,8H2,1-3H3. The van der Waals surface area contributed by atoms with Crippen molar-refractivity contribution in [2.75, 3.05) is 6.54 Å². The topological polar surface area (TPSA) is 12.0 Å². The van der Waals surface area contributed by atoms with Gasteiger partial charge in [-0.2, -0.15) is 0 Å². The molecule has 0 saturated carbocycles. The van der Waals surface area contributed by atoms with E-state index < -0.39 is 0 Å². The van der Waals surface area contributed by atoms with Crippen LogP contribution in [0.25, 0.3) is 0 Å². The summed E-state index contributed by atoms with van der Waals surface area (Å²) in [6, 6.07) is 0.588. The molecule has 0 aliphatic rings. The summed E-state index contributed by atoms with van der Waals surface area (Å²) in [6.07, 6.45) is 6.73. The molecule has 1 unspecified atom stereocenters. The first-order chi connectivity index (χ1) is 4.85. The van der Waals surface area contributed by atoms with Crippen LogP contribution >= 0.6 is 0 Å². The highest BCUT2D eigenvalue weighted by molar-refractivity contribution is 4.89.